The van der Waals surface area contributed by atoms with E-state index in [1.807, 2.05) is 11.8 Å². The average Bonchev–Trinajstić information content (AvgIpc) is 2.39. The zero-order valence-corrected chi connectivity index (χ0v) is 11.5. The summed E-state index contributed by atoms with van der Waals surface area (Å²) in [5.74, 6) is 0. The van der Waals surface area contributed by atoms with Crippen LogP contribution in [0.2, 0.25) is 0 Å². The summed E-state index contributed by atoms with van der Waals surface area (Å²) in [5, 5.41) is 16.7. The second-order valence-corrected chi connectivity index (χ2v) is 6.56. The molecule has 0 aromatic rings. The molecule has 7 heteroatoms. The van der Waals surface area contributed by atoms with E-state index in [0.29, 0.717) is 26.2 Å². The Morgan fingerprint density at radius 1 is 1.17 bits per heavy atom. The van der Waals surface area contributed by atoms with Gasteiger partial charge in [0.2, 0.25) is 10.0 Å². The third kappa shape index (κ3) is 2.99. The molecule has 6 nitrogen and oxygen atoms in total. The molecular weight excluding hydrogens is 252 g/mol. The maximum atomic E-state index is 12.0. The smallest absolute Gasteiger partial charge is 0.230 e. The Morgan fingerprint density at radius 3 is 2.11 bits per heavy atom. The van der Waals surface area contributed by atoms with Crippen LogP contribution in [0.5, 0.6) is 0 Å². The molecular formula is C11H18N4O2S. The molecule has 1 fully saturated rings. The lowest BCUT2D eigenvalue weighted by Crippen LogP contribution is -2.52. The predicted molar refractivity (Wildman–Crippen MR) is 66.8 cm³/mol. The largest absolute Gasteiger partial charge is 0.285 e. The number of nitrogens with zero attached hydrogens (tertiary/aromatic N) is 4. The van der Waals surface area contributed by atoms with Crippen molar-refractivity contribution in [2.45, 2.75) is 31.6 Å². The Labute approximate surface area is 108 Å². The van der Waals surface area contributed by atoms with Crippen LogP contribution in [0.4, 0.5) is 0 Å². The lowest BCUT2D eigenvalue weighted by molar-refractivity contribution is 0.159. The Balaban J connectivity index is 2.66. The molecule has 18 heavy (non-hydrogen) atoms. The molecule has 0 amide bonds. The number of hydrogen-bond donors (Lipinski definition) is 0. The molecule has 1 aliphatic rings. The van der Waals surface area contributed by atoms with Crippen LogP contribution in [-0.2, 0) is 10.0 Å². The van der Waals surface area contributed by atoms with Crippen molar-refractivity contribution in [2.75, 3.05) is 26.2 Å². The molecule has 1 heterocycles. The number of piperazine rings is 1. The fraction of sp³-hybridized carbons (Fsp3) is 0.818. The highest BCUT2D eigenvalue weighted by Gasteiger charge is 2.32. The second-order valence-electron chi connectivity index (χ2n) is 4.30. The minimum atomic E-state index is -3.51. The van der Waals surface area contributed by atoms with E-state index >= 15 is 0 Å². The van der Waals surface area contributed by atoms with E-state index in [2.05, 4.69) is 6.07 Å². The summed E-state index contributed by atoms with van der Waals surface area (Å²) >= 11 is 0. The van der Waals surface area contributed by atoms with Gasteiger partial charge in [-0.15, -0.1) is 0 Å². The van der Waals surface area contributed by atoms with E-state index in [1.54, 1.807) is 6.07 Å². The van der Waals surface area contributed by atoms with Gasteiger partial charge in [0, 0.05) is 26.2 Å². The van der Waals surface area contributed by atoms with Crippen molar-refractivity contribution in [1.82, 2.24) is 9.21 Å². The van der Waals surface area contributed by atoms with Gasteiger partial charge in [0.1, 0.15) is 0 Å². The third-order valence-corrected chi connectivity index (χ3v) is 5.32. The van der Waals surface area contributed by atoms with Crippen LogP contribution >= 0.6 is 0 Å². The van der Waals surface area contributed by atoms with Gasteiger partial charge in [-0.3, -0.25) is 4.90 Å². The van der Waals surface area contributed by atoms with Gasteiger partial charge >= 0.3 is 0 Å². The summed E-state index contributed by atoms with van der Waals surface area (Å²) in [4.78, 5) is 1.99. The van der Waals surface area contributed by atoms with Gasteiger partial charge in [0.15, 0.2) is 5.25 Å². The molecule has 0 aliphatic carbocycles. The Hall–Kier alpha value is -1.15. The number of sulfonamides is 1. The van der Waals surface area contributed by atoms with Crippen LogP contribution in [-0.4, -0.2) is 55.1 Å². The molecule has 1 saturated heterocycles. The molecule has 0 N–H and O–H groups in total. The van der Waals surface area contributed by atoms with Crippen molar-refractivity contribution in [1.29, 1.82) is 10.5 Å². The van der Waals surface area contributed by atoms with E-state index in [-0.39, 0.29) is 6.04 Å². The summed E-state index contributed by atoms with van der Waals surface area (Å²) in [7, 11) is -3.51. The lowest BCUT2D eigenvalue weighted by Gasteiger charge is -2.36. The quantitative estimate of drug-likeness (QED) is 0.725. The fourth-order valence-corrected chi connectivity index (χ4v) is 3.24. The molecule has 1 rings (SSSR count). The second kappa shape index (κ2) is 6.14. The Bertz CT molecular complexity index is 454. The molecule has 1 aliphatic heterocycles. The molecule has 0 saturated carbocycles. The molecule has 0 bridgehead atoms. The van der Waals surface area contributed by atoms with Gasteiger partial charge in [-0.25, -0.2) is 8.42 Å². The third-order valence-electron chi connectivity index (χ3n) is 3.24. The first-order valence-corrected chi connectivity index (χ1v) is 7.50. The number of hydrogen-bond acceptors (Lipinski definition) is 5. The van der Waals surface area contributed by atoms with E-state index in [9.17, 15) is 8.42 Å². The van der Waals surface area contributed by atoms with Crippen LogP contribution < -0.4 is 0 Å². The monoisotopic (exact) mass is 270 g/mol. The highest BCUT2D eigenvalue weighted by molar-refractivity contribution is 7.89. The van der Waals surface area contributed by atoms with Gasteiger partial charge in [0.05, 0.1) is 18.2 Å². The highest BCUT2D eigenvalue weighted by atomic mass is 32.2. The molecule has 0 aromatic heterocycles. The van der Waals surface area contributed by atoms with Crippen LogP contribution in [0.3, 0.4) is 0 Å². The van der Waals surface area contributed by atoms with Crippen molar-refractivity contribution < 1.29 is 8.42 Å². The first-order valence-electron chi connectivity index (χ1n) is 5.99. The lowest BCUT2D eigenvalue weighted by atomic mass is 10.2. The van der Waals surface area contributed by atoms with Crippen LogP contribution in [0.15, 0.2) is 0 Å². The topological polar surface area (TPSA) is 88.2 Å². The van der Waals surface area contributed by atoms with E-state index in [0.717, 1.165) is 6.42 Å². The van der Waals surface area contributed by atoms with E-state index in [1.165, 1.54) is 11.2 Å². The minimum absolute atomic E-state index is 0.150. The molecule has 0 radical (unpaired) electrons. The van der Waals surface area contributed by atoms with Crippen molar-refractivity contribution in [3.63, 3.8) is 0 Å². The van der Waals surface area contributed by atoms with Crippen molar-refractivity contribution in [2.24, 2.45) is 0 Å². The molecule has 0 aromatic carbocycles. The highest BCUT2D eigenvalue weighted by Crippen LogP contribution is 2.14. The minimum Gasteiger partial charge on any atom is -0.285 e. The number of rotatable bonds is 4. The van der Waals surface area contributed by atoms with Crippen molar-refractivity contribution in [3.05, 3.63) is 0 Å². The molecule has 0 spiro atoms. The van der Waals surface area contributed by atoms with Crippen LogP contribution in [0.25, 0.3) is 0 Å². The Morgan fingerprint density at radius 2 is 1.72 bits per heavy atom. The molecule has 100 valence electrons. The maximum Gasteiger partial charge on any atom is 0.230 e. The van der Waals surface area contributed by atoms with E-state index in [4.69, 9.17) is 10.5 Å². The molecule has 2 atom stereocenters. The van der Waals surface area contributed by atoms with E-state index < -0.39 is 15.3 Å². The predicted octanol–water partition coefficient (Wildman–Crippen LogP) is 0.148. The maximum absolute atomic E-state index is 12.0. The van der Waals surface area contributed by atoms with Crippen LogP contribution in [0.1, 0.15) is 20.3 Å². The fourth-order valence-electron chi connectivity index (χ4n) is 1.99. The summed E-state index contributed by atoms with van der Waals surface area (Å²) in [5.41, 5.74) is 0. The summed E-state index contributed by atoms with van der Waals surface area (Å²) < 4.78 is 25.3. The number of nitriles is 2. The van der Waals surface area contributed by atoms with Gasteiger partial charge in [-0.2, -0.15) is 14.8 Å². The van der Waals surface area contributed by atoms with Gasteiger partial charge < -0.3 is 0 Å². The summed E-state index contributed by atoms with van der Waals surface area (Å²) in [6, 6.07) is 3.83. The first-order chi connectivity index (χ1) is 8.47. The zero-order valence-electron chi connectivity index (χ0n) is 10.7. The van der Waals surface area contributed by atoms with Crippen molar-refractivity contribution >= 4 is 10.0 Å². The van der Waals surface area contributed by atoms with Gasteiger partial charge in [0.25, 0.3) is 0 Å². The Kier molecular flexibility index (Phi) is 5.09. The SMILES string of the molecule is CCC(C#N)N1CCN(S(=O)(=O)C(C)C#N)CC1. The molecule has 2 unspecified atom stereocenters. The first kappa shape index (κ1) is 14.9. The zero-order chi connectivity index (χ0) is 13.8. The van der Waals surface area contributed by atoms with Crippen LogP contribution in [0, 0.1) is 22.7 Å². The van der Waals surface area contributed by atoms with Gasteiger partial charge in [-0.05, 0) is 13.3 Å². The summed E-state index contributed by atoms with van der Waals surface area (Å²) in [6.45, 7) is 5.13. The summed E-state index contributed by atoms with van der Waals surface area (Å²) in [6.07, 6.45) is 0.734. The average molecular weight is 270 g/mol. The normalized spacial score (nSPS) is 21.8. The van der Waals surface area contributed by atoms with Crippen molar-refractivity contribution in [3.8, 4) is 12.1 Å². The van der Waals surface area contributed by atoms with Gasteiger partial charge in [-0.1, -0.05) is 6.92 Å². The standard InChI is InChI=1S/C11H18N4O2S/c1-3-11(9-13)14-4-6-15(7-5-14)18(16,17)10(2)8-12/h10-11H,3-7H2,1-2H3.